The fourth-order valence-electron chi connectivity index (χ4n) is 9.56. The van der Waals surface area contributed by atoms with Crippen LogP contribution >= 0.6 is 11.3 Å². The van der Waals surface area contributed by atoms with E-state index in [9.17, 15) is 5.26 Å². The molecule has 0 aliphatic carbocycles. The number of hydrogen-bond donors (Lipinski definition) is 0. The van der Waals surface area contributed by atoms with E-state index in [-0.39, 0.29) is 12.1 Å². The third kappa shape index (κ3) is 3.70. The van der Waals surface area contributed by atoms with Gasteiger partial charge in [0.05, 0.1) is 39.7 Å². The van der Waals surface area contributed by atoms with Crippen LogP contribution in [0.1, 0.15) is 31.9 Å². The normalized spacial score (nSPS) is 13.8. The van der Waals surface area contributed by atoms with E-state index < -0.39 is 0 Å². The van der Waals surface area contributed by atoms with Crippen molar-refractivity contribution < 1.29 is 0 Å². The third-order valence-corrected chi connectivity index (χ3v) is 13.0. The first kappa shape index (κ1) is 29.3. The molecule has 0 unspecified atom stereocenters. The molecular weight excluding hydrogens is 663 g/mol. The second kappa shape index (κ2) is 9.98. The van der Waals surface area contributed by atoms with Crippen molar-refractivity contribution in [2.45, 2.75) is 26.2 Å². The maximum atomic E-state index is 10.7. The van der Waals surface area contributed by atoms with E-state index in [2.05, 4.69) is 175 Å². The number of benzene rings is 7. The summed E-state index contributed by atoms with van der Waals surface area (Å²) in [5.74, 6) is 0. The maximum absolute atomic E-state index is 10.7. The van der Waals surface area contributed by atoms with Gasteiger partial charge in [0.1, 0.15) is 0 Å². The number of fused-ring (bicyclic) bond motifs is 12. The summed E-state index contributed by atoms with van der Waals surface area (Å²) in [6.45, 7) is 6.88. The van der Waals surface area contributed by atoms with E-state index in [0.29, 0.717) is 5.56 Å². The Bertz CT molecular complexity index is 3160. The molecule has 0 amide bonds. The molecule has 5 heterocycles. The van der Waals surface area contributed by atoms with Crippen molar-refractivity contribution in [2.24, 2.45) is 0 Å². The summed E-state index contributed by atoms with van der Waals surface area (Å²) >= 11 is 1.84. The van der Waals surface area contributed by atoms with Gasteiger partial charge in [-0.25, -0.2) is 0 Å². The van der Waals surface area contributed by atoms with Crippen molar-refractivity contribution in [3.63, 3.8) is 0 Å². The predicted molar refractivity (Wildman–Crippen MR) is 225 cm³/mol. The minimum atomic E-state index is -0.0342. The van der Waals surface area contributed by atoms with Gasteiger partial charge in [0.15, 0.2) is 0 Å². The highest BCUT2D eigenvalue weighted by Crippen LogP contribution is 2.52. The fraction of sp³-hybridized carbons (Fsp3) is 0.0851. The first-order chi connectivity index (χ1) is 25.9. The second-order valence-corrected chi connectivity index (χ2v) is 16.8. The molecule has 0 spiro atoms. The van der Waals surface area contributed by atoms with Gasteiger partial charge in [0, 0.05) is 53.7 Å². The molecule has 0 radical (unpaired) electrons. The highest BCUT2D eigenvalue weighted by Gasteiger charge is 2.46. The van der Waals surface area contributed by atoms with Crippen molar-refractivity contribution in [1.82, 2.24) is 4.57 Å². The Balaban J connectivity index is 1.22. The molecule has 53 heavy (non-hydrogen) atoms. The van der Waals surface area contributed by atoms with Crippen LogP contribution in [0.15, 0.2) is 133 Å². The number of nitrogens with zero attached hydrogens (tertiary/aromatic N) is 4. The molecule has 9 aromatic rings. The average Bonchev–Trinajstić information content (AvgIpc) is 3.73. The van der Waals surface area contributed by atoms with Crippen molar-refractivity contribution in [1.29, 1.82) is 5.26 Å². The summed E-state index contributed by atoms with van der Waals surface area (Å²) < 4.78 is 5.04. The Hall–Kier alpha value is -6.29. The molecule has 0 bridgehead atoms. The first-order valence-electron chi connectivity index (χ1n) is 18.3. The first-order valence-corrected chi connectivity index (χ1v) is 19.1. The Morgan fingerprint density at radius 3 is 2.17 bits per heavy atom. The fourth-order valence-corrected chi connectivity index (χ4v) is 10.6. The number of hydrogen-bond acceptors (Lipinski definition) is 4. The van der Waals surface area contributed by atoms with E-state index >= 15 is 0 Å². The molecule has 4 nitrogen and oxygen atoms in total. The lowest BCUT2D eigenvalue weighted by Crippen LogP contribution is -2.62. The topological polar surface area (TPSA) is 35.2 Å². The molecule has 2 aromatic heterocycles. The van der Waals surface area contributed by atoms with Gasteiger partial charge in [0.2, 0.25) is 0 Å². The minimum Gasteiger partial charge on any atom is -0.311 e. The molecule has 0 saturated heterocycles. The number of aromatic nitrogens is 1. The summed E-state index contributed by atoms with van der Waals surface area (Å²) in [4.78, 5) is 4.90. The van der Waals surface area contributed by atoms with E-state index in [1.807, 2.05) is 11.3 Å². The molecule has 0 saturated carbocycles. The van der Waals surface area contributed by atoms with Gasteiger partial charge in [-0.1, -0.05) is 93.6 Å². The largest absolute Gasteiger partial charge is 0.311 e. The Morgan fingerprint density at radius 1 is 0.585 bits per heavy atom. The van der Waals surface area contributed by atoms with Crippen LogP contribution in [0, 0.1) is 11.3 Å². The van der Waals surface area contributed by atoms with Gasteiger partial charge in [-0.2, -0.15) is 5.26 Å². The monoisotopic (exact) mass is 694 g/mol. The maximum Gasteiger partial charge on any atom is 0.252 e. The van der Waals surface area contributed by atoms with Gasteiger partial charge in [0.25, 0.3) is 6.71 Å². The molecule has 3 aliphatic heterocycles. The van der Waals surface area contributed by atoms with Crippen LogP contribution in [0.25, 0.3) is 47.7 Å². The molecule has 0 fully saturated rings. The summed E-state index contributed by atoms with van der Waals surface area (Å²) in [5, 5.41) is 15.7. The Labute approximate surface area is 311 Å². The predicted octanol–water partition coefficient (Wildman–Crippen LogP) is 10.7. The van der Waals surface area contributed by atoms with Crippen LogP contribution in [-0.4, -0.2) is 11.3 Å². The molecule has 248 valence electrons. The van der Waals surface area contributed by atoms with Crippen LogP contribution < -0.4 is 26.2 Å². The van der Waals surface area contributed by atoms with Crippen molar-refractivity contribution in [3.05, 3.63) is 145 Å². The van der Waals surface area contributed by atoms with E-state index in [1.54, 1.807) is 0 Å². The van der Waals surface area contributed by atoms with Crippen molar-refractivity contribution in [3.8, 4) is 11.8 Å². The lowest BCUT2D eigenvalue weighted by atomic mass is 9.33. The molecule has 3 aliphatic rings. The van der Waals surface area contributed by atoms with Crippen molar-refractivity contribution in [2.75, 3.05) is 9.80 Å². The van der Waals surface area contributed by atoms with Crippen molar-refractivity contribution >= 4 is 111 Å². The number of rotatable bonds is 1. The van der Waals surface area contributed by atoms with Crippen LogP contribution in [-0.2, 0) is 5.41 Å². The quantitative estimate of drug-likeness (QED) is 0.161. The van der Waals surface area contributed by atoms with E-state index in [1.165, 1.54) is 75.3 Å². The van der Waals surface area contributed by atoms with E-state index in [0.717, 1.165) is 28.4 Å². The zero-order valence-electron chi connectivity index (χ0n) is 29.5. The molecule has 12 rings (SSSR count). The molecule has 0 atom stereocenters. The van der Waals surface area contributed by atoms with E-state index in [4.69, 9.17) is 0 Å². The minimum absolute atomic E-state index is 0.0271. The lowest BCUT2D eigenvalue weighted by molar-refractivity contribution is 0.591. The van der Waals surface area contributed by atoms with Crippen LogP contribution in [0.4, 0.5) is 34.1 Å². The highest BCUT2D eigenvalue weighted by atomic mass is 32.1. The van der Waals surface area contributed by atoms with Crippen LogP contribution in [0.5, 0.6) is 0 Å². The van der Waals surface area contributed by atoms with Crippen LogP contribution in [0.3, 0.4) is 0 Å². The zero-order valence-corrected chi connectivity index (χ0v) is 30.3. The molecule has 7 aromatic carbocycles. The second-order valence-electron chi connectivity index (χ2n) is 15.7. The third-order valence-electron chi connectivity index (χ3n) is 11.8. The smallest absolute Gasteiger partial charge is 0.252 e. The molecule has 6 heteroatoms. The van der Waals surface area contributed by atoms with Crippen LogP contribution in [0.2, 0.25) is 0 Å². The summed E-state index contributed by atoms with van der Waals surface area (Å²) in [6.07, 6.45) is 0. The van der Waals surface area contributed by atoms with Gasteiger partial charge in [-0.3, -0.25) is 0 Å². The zero-order chi connectivity index (χ0) is 35.3. The van der Waals surface area contributed by atoms with Gasteiger partial charge >= 0.3 is 0 Å². The molecular formula is C47H31BN4S. The Kier molecular flexibility index (Phi) is 5.52. The number of thiophene rings is 1. The average molecular weight is 695 g/mol. The lowest BCUT2D eigenvalue weighted by Gasteiger charge is -2.46. The van der Waals surface area contributed by atoms with Gasteiger partial charge in [-0.15, -0.1) is 11.3 Å². The Morgan fingerprint density at radius 2 is 1.32 bits per heavy atom. The summed E-state index contributed by atoms with van der Waals surface area (Å²) in [5.41, 5.74) is 16.1. The number of nitriles is 1. The number of anilines is 6. The SMILES string of the molecule is CC(C)(C)c1ccc2c(c1)B1c3cccc4c3N(c3cc(C#N)cc(c31)N2c1ccc2sc3ccccc3c2c1)c1cccc2c3ccccc3n-4c12. The molecule has 0 N–H and O–H groups in total. The highest BCUT2D eigenvalue weighted by molar-refractivity contribution is 7.25. The summed E-state index contributed by atoms with van der Waals surface area (Å²) in [7, 11) is 0. The van der Waals surface area contributed by atoms with Gasteiger partial charge < -0.3 is 14.4 Å². The number of para-hydroxylation sites is 3. The standard InChI is InChI=1S/C47H31BN4S/c1-47(2,3)28-18-20-37-35(24-28)48-34-13-9-16-39-46(34)52(38-15-8-12-32-30-10-4-6-14-36(30)51(39)45(32)38)41-23-27(26-49)22-40(44(41)48)50(37)29-19-21-43-33(25-29)31-11-5-7-17-42(31)53-43/h4-25H,1-3H3. The van der Waals surface area contributed by atoms with Gasteiger partial charge in [-0.05, 0) is 88.0 Å². The summed E-state index contributed by atoms with van der Waals surface area (Å²) in [6, 6.07) is 51.8.